The van der Waals surface area contributed by atoms with Crippen molar-refractivity contribution in [2.75, 3.05) is 19.7 Å². The first-order valence-electron chi connectivity index (χ1n) is 4.28. The number of hydrogen-bond acceptors (Lipinski definition) is 3. The molecule has 0 aliphatic rings. The minimum atomic E-state index is -0.305. The Bertz CT molecular complexity index is 155. The van der Waals surface area contributed by atoms with Gasteiger partial charge in [0.2, 0.25) is 0 Å². The van der Waals surface area contributed by atoms with Crippen molar-refractivity contribution in [3.05, 3.63) is 12.2 Å². The van der Waals surface area contributed by atoms with Gasteiger partial charge in [-0.05, 0) is 19.9 Å². The predicted molar refractivity (Wildman–Crippen MR) is 48.9 cm³/mol. The molecule has 12 heavy (non-hydrogen) atoms. The molecule has 1 N–H and O–H groups in total. The summed E-state index contributed by atoms with van der Waals surface area (Å²) < 4.78 is 4.76. The Labute approximate surface area is 73.8 Å². The van der Waals surface area contributed by atoms with E-state index >= 15 is 0 Å². The summed E-state index contributed by atoms with van der Waals surface area (Å²) in [5.74, 6) is -0.305. The third-order valence-electron chi connectivity index (χ3n) is 1.33. The summed E-state index contributed by atoms with van der Waals surface area (Å²) in [6, 6.07) is 0. The summed E-state index contributed by atoms with van der Waals surface area (Å²) in [5, 5.41) is 3.07. The van der Waals surface area contributed by atoms with Crippen molar-refractivity contribution in [1.29, 1.82) is 0 Å². The molecule has 0 amide bonds. The van der Waals surface area contributed by atoms with Crippen LogP contribution < -0.4 is 5.32 Å². The Morgan fingerprint density at radius 1 is 1.50 bits per heavy atom. The topological polar surface area (TPSA) is 38.3 Å². The first kappa shape index (κ1) is 11.2. The Kier molecular flexibility index (Phi) is 6.38. The van der Waals surface area contributed by atoms with Crippen LogP contribution in [0.4, 0.5) is 0 Å². The molecule has 0 rings (SSSR count). The van der Waals surface area contributed by atoms with E-state index in [1.54, 1.807) is 6.92 Å². The molecule has 0 unspecified atom stereocenters. The summed E-state index contributed by atoms with van der Waals surface area (Å²) in [5.41, 5.74) is 0.491. The molecule has 0 aromatic heterocycles. The molecule has 0 spiro atoms. The Hall–Kier alpha value is -0.830. The molecule has 70 valence electrons. The number of esters is 1. The Morgan fingerprint density at radius 2 is 2.17 bits per heavy atom. The van der Waals surface area contributed by atoms with E-state index < -0.39 is 0 Å². The van der Waals surface area contributed by atoms with Gasteiger partial charge in [0, 0.05) is 12.1 Å². The molecule has 3 nitrogen and oxygen atoms in total. The smallest absolute Gasteiger partial charge is 0.334 e. The van der Waals surface area contributed by atoms with Gasteiger partial charge in [0.25, 0.3) is 0 Å². The van der Waals surface area contributed by atoms with Crippen molar-refractivity contribution in [2.24, 2.45) is 0 Å². The van der Waals surface area contributed by atoms with Crippen LogP contribution in [0.5, 0.6) is 0 Å². The lowest BCUT2D eigenvalue weighted by Gasteiger charge is -2.05. The molecule has 0 aliphatic heterocycles. The van der Waals surface area contributed by atoms with E-state index in [2.05, 4.69) is 18.8 Å². The van der Waals surface area contributed by atoms with Crippen LogP contribution in [-0.2, 0) is 9.53 Å². The molecule has 3 heteroatoms. The highest BCUT2D eigenvalue weighted by molar-refractivity contribution is 5.88. The third kappa shape index (κ3) is 4.91. The van der Waals surface area contributed by atoms with E-state index in [-0.39, 0.29) is 5.97 Å². The van der Waals surface area contributed by atoms with E-state index in [0.717, 1.165) is 13.0 Å². The summed E-state index contributed by atoms with van der Waals surface area (Å²) >= 11 is 0. The van der Waals surface area contributed by atoms with Gasteiger partial charge in [-0.2, -0.15) is 0 Å². The van der Waals surface area contributed by atoms with Gasteiger partial charge >= 0.3 is 5.97 Å². The van der Waals surface area contributed by atoms with Crippen LogP contribution in [-0.4, -0.2) is 25.7 Å². The van der Waals surface area contributed by atoms with Crippen molar-refractivity contribution < 1.29 is 9.53 Å². The minimum Gasteiger partial charge on any atom is -0.463 e. The highest BCUT2D eigenvalue weighted by Crippen LogP contribution is 1.92. The zero-order chi connectivity index (χ0) is 9.40. The maximum atomic E-state index is 11.0. The number of carbonyl (C=O) groups is 1. The maximum Gasteiger partial charge on any atom is 0.334 e. The van der Waals surface area contributed by atoms with E-state index in [1.165, 1.54) is 0 Å². The number of carbonyl (C=O) groups excluding carboxylic acids is 1. The highest BCUT2D eigenvalue weighted by Gasteiger charge is 2.05. The minimum absolute atomic E-state index is 0.305. The molecule has 0 aliphatic carbocycles. The lowest BCUT2D eigenvalue weighted by Crippen LogP contribution is -2.22. The number of rotatable bonds is 6. The van der Waals surface area contributed by atoms with Gasteiger partial charge in [-0.3, -0.25) is 0 Å². The summed E-state index contributed by atoms with van der Waals surface area (Å²) in [6.45, 7) is 9.29. The average Bonchev–Trinajstić information content (AvgIpc) is 2.05. The fourth-order valence-corrected chi connectivity index (χ4v) is 0.721. The van der Waals surface area contributed by atoms with Crippen LogP contribution in [0.25, 0.3) is 0 Å². The van der Waals surface area contributed by atoms with Gasteiger partial charge in [-0.15, -0.1) is 0 Å². The van der Waals surface area contributed by atoms with Gasteiger partial charge in [0.15, 0.2) is 0 Å². The molecular weight excluding hydrogens is 154 g/mol. The molecular formula is C9H17NO2. The van der Waals surface area contributed by atoms with Gasteiger partial charge in [0.05, 0.1) is 6.61 Å². The first-order chi connectivity index (χ1) is 5.72. The van der Waals surface area contributed by atoms with Gasteiger partial charge in [-0.25, -0.2) is 4.79 Å². The number of ether oxygens (including phenoxy) is 1. The van der Waals surface area contributed by atoms with Crippen molar-refractivity contribution in [1.82, 2.24) is 5.32 Å². The molecule has 0 heterocycles. The Balaban J connectivity index is 3.50. The molecule has 0 radical (unpaired) electrons. The fourth-order valence-electron chi connectivity index (χ4n) is 0.721. The van der Waals surface area contributed by atoms with Crippen LogP contribution in [0.1, 0.15) is 20.3 Å². The zero-order valence-electron chi connectivity index (χ0n) is 7.85. The molecule has 0 saturated heterocycles. The molecule has 0 saturated carbocycles. The van der Waals surface area contributed by atoms with E-state index in [9.17, 15) is 4.79 Å². The number of nitrogens with one attached hydrogen (secondary N) is 1. The molecule has 0 aromatic rings. The standard InChI is InChI=1S/C9H17NO2/c1-4-6-10-7-8(3)9(11)12-5-2/h10H,3-7H2,1-2H3. The average molecular weight is 171 g/mol. The SMILES string of the molecule is C=C(CNCCC)C(=O)OCC. The first-order valence-corrected chi connectivity index (χ1v) is 4.28. The molecule has 0 fully saturated rings. The second-order valence-electron chi connectivity index (χ2n) is 2.50. The van der Waals surface area contributed by atoms with E-state index in [0.29, 0.717) is 18.7 Å². The normalized spacial score (nSPS) is 9.50. The summed E-state index contributed by atoms with van der Waals surface area (Å²) in [6.07, 6.45) is 1.05. The van der Waals surface area contributed by atoms with Crippen molar-refractivity contribution in [3.8, 4) is 0 Å². The van der Waals surface area contributed by atoms with Gasteiger partial charge < -0.3 is 10.1 Å². The maximum absolute atomic E-state index is 11.0. The zero-order valence-corrected chi connectivity index (χ0v) is 7.85. The third-order valence-corrected chi connectivity index (χ3v) is 1.33. The monoisotopic (exact) mass is 171 g/mol. The Morgan fingerprint density at radius 3 is 2.67 bits per heavy atom. The molecule has 0 atom stereocenters. The number of hydrogen-bond donors (Lipinski definition) is 1. The quantitative estimate of drug-likeness (QED) is 0.369. The molecule has 0 aromatic carbocycles. The van der Waals surface area contributed by atoms with Crippen molar-refractivity contribution >= 4 is 5.97 Å². The van der Waals surface area contributed by atoms with Crippen molar-refractivity contribution in [3.63, 3.8) is 0 Å². The predicted octanol–water partition coefficient (Wildman–Crippen LogP) is 1.11. The summed E-state index contributed by atoms with van der Waals surface area (Å²) in [7, 11) is 0. The van der Waals surface area contributed by atoms with Gasteiger partial charge in [0.1, 0.15) is 0 Å². The van der Waals surface area contributed by atoms with Crippen LogP contribution in [0.15, 0.2) is 12.2 Å². The van der Waals surface area contributed by atoms with Gasteiger partial charge in [-0.1, -0.05) is 13.5 Å². The van der Waals surface area contributed by atoms with E-state index in [4.69, 9.17) is 4.74 Å². The second-order valence-corrected chi connectivity index (χ2v) is 2.50. The van der Waals surface area contributed by atoms with Crippen LogP contribution in [0.3, 0.4) is 0 Å². The highest BCUT2D eigenvalue weighted by atomic mass is 16.5. The van der Waals surface area contributed by atoms with E-state index in [1.807, 2.05) is 0 Å². The van der Waals surface area contributed by atoms with Crippen LogP contribution in [0.2, 0.25) is 0 Å². The molecule has 0 bridgehead atoms. The fraction of sp³-hybridized carbons (Fsp3) is 0.667. The lowest BCUT2D eigenvalue weighted by atomic mass is 10.3. The van der Waals surface area contributed by atoms with Crippen LogP contribution in [0, 0.1) is 0 Å². The summed E-state index contributed by atoms with van der Waals surface area (Å²) in [4.78, 5) is 11.0. The lowest BCUT2D eigenvalue weighted by molar-refractivity contribution is -0.138. The van der Waals surface area contributed by atoms with Crippen LogP contribution >= 0.6 is 0 Å². The largest absolute Gasteiger partial charge is 0.463 e. The van der Waals surface area contributed by atoms with Crippen molar-refractivity contribution in [2.45, 2.75) is 20.3 Å². The second kappa shape index (κ2) is 6.85.